The van der Waals surface area contributed by atoms with E-state index in [0.29, 0.717) is 11.6 Å². The van der Waals surface area contributed by atoms with Crippen LogP contribution in [-0.4, -0.2) is 39.6 Å². The van der Waals surface area contributed by atoms with Crippen molar-refractivity contribution in [1.82, 2.24) is 9.88 Å². The fourth-order valence-electron chi connectivity index (χ4n) is 4.54. The molecule has 2 aromatic rings. The number of hydrogen-bond donors (Lipinski definition) is 1. The van der Waals surface area contributed by atoms with Gasteiger partial charge in [0.1, 0.15) is 6.04 Å². The van der Waals surface area contributed by atoms with Crippen LogP contribution in [-0.2, 0) is 11.2 Å². The lowest BCUT2D eigenvalue weighted by Gasteiger charge is -2.51. The van der Waals surface area contributed by atoms with Crippen molar-refractivity contribution in [2.45, 2.75) is 50.1 Å². The number of amides is 1. The molecule has 1 saturated carbocycles. The molecule has 4 rings (SSSR count). The zero-order chi connectivity index (χ0) is 20.9. The first-order valence-electron chi connectivity index (χ1n) is 10.5. The number of aromatic nitrogens is 1. The van der Waals surface area contributed by atoms with Crippen LogP contribution in [0.3, 0.4) is 0 Å². The molecule has 30 heavy (non-hydrogen) atoms. The molecule has 1 saturated heterocycles. The monoisotopic (exact) mass is 399 g/mol. The molecule has 1 aliphatic carbocycles. The van der Waals surface area contributed by atoms with Crippen molar-refractivity contribution in [3.05, 3.63) is 65.5 Å². The zero-order valence-corrected chi connectivity index (χ0v) is 16.9. The first-order chi connectivity index (χ1) is 14.7. The molecule has 2 heterocycles. The fourth-order valence-corrected chi connectivity index (χ4v) is 4.54. The number of carbonyl (C=O) groups excluding carboxylic acids is 1. The normalized spacial score (nSPS) is 23.2. The number of benzene rings is 1. The predicted octanol–water partition coefficient (Wildman–Crippen LogP) is 3.04. The topological polar surface area (TPSA) is 77.2 Å². The van der Waals surface area contributed by atoms with Gasteiger partial charge in [-0.2, -0.15) is 5.26 Å². The summed E-state index contributed by atoms with van der Waals surface area (Å²) < 4.78 is 0. The van der Waals surface area contributed by atoms with Gasteiger partial charge in [0.25, 0.3) is 0 Å². The van der Waals surface area contributed by atoms with E-state index in [-0.39, 0.29) is 24.9 Å². The van der Waals surface area contributed by atoms with Gasteiger partial charge in [-0.1, -0.05) is 42.9 Å². The summed E-state index contributed by atoms with van der Waals surface area (Å²) in [6, 6.07) is 14.6. The Kier molecular flexibility index (Phi) is 6.12. The zero-order valence-electron chi connectivity index (χ0n) is 16.9. The molecule has 2 aliphatic rings. The third kappa shape index (κ3) is 4.08. The fraction of sp³-hybridized carbons (Fsp3) is 0.400. The lowest BCUT2D eigenvalue weighted by atomic mass is 9.75. The number of carbonyl (C=O) groups is 1. The van der Waals surface area contributed by atoms with Crippen LogP contribution in [0.15, 0.2) is 48.7 Å². The maximum Gasteiger partial charge on any atom is 0.230 e. The van der Waals surface area contributed by atoms with E-state index in [1.807, 2.05) is 30.3 Å². The van der Waals surface area contributed by atoms with Crippen molar-refractivity contribution in [2.24, 2.45) is 5.92 Å². The number of nitrogens with zero attached hydrogens (tertiary/aromatic N) is 3. The maximum atomic E-state index is 12.8. The Morgan fingerprint density at radius 3 is 2.57 bits per heavy atom. The van der Waals surface area contributed by atoms with E-state index < -0.39 is 12.1 Å². The van der Waals surface area contributed by atoms with Gasteiger partial charge in [-0.15, -0.1) is 0 Å². The summed E-state index contributed by atoms with van der Waals surface area (Å²) in [6.45, 7) is -0.181. The molecular weight excluding hydrogens is 374 g/mol. The minimum Gasteiger partial charge on any atom is -0.394 e. The highest BCUT2D eigenvalue weighted by molar-refractivity contribution is 5.81. The third-order valence-electron chi connectivity index (χ3n) is 6.15. The number of aliphatic hydroxyl groups excluding tert-OH is 1. The summed E-state index contributed by atoms with van der Waals surface area (Å²) in [7, 11) is 0. The molecule has 0 radical (unpaired) electrons. The van der Waals surface area contributed by atoms with Gasteiger partial charge < -0.3 is 10.0 Å². The molecule has 2 fully saturated rings. The van der Waals surface area contributed by atoms with Gasteiger partial charge in [-0.3, -0.25) is 9.78 Å². The van der Waals surface area contributed by atoms with E-state index in [1.54, 1.807) is 18.3 Å². The second kappa shape index (κ2) is 9.11. The van der Waals surface area contributed by atoms with Crippen molar-refractivity contribution in [3.63, 3.8) is 0 Å². The van der Waals surface area contributed by atoms with E-state index in [2.05, 4.69) is 22.9 Å². The molecule has 1 aromatic carbocycles. The molecule has 3 atom stereocenters. The number of rotatable bonds is 4. The van der Waals surface area contributed by atoms with Crippen LogP contribution in [0.25, 0.3) is 0 Å². The highest BCUT2D eigenvalue weighted by atomic mass is 16.3. The Labute approximate surface area is 177 Å². The van der Waals surface area contributed by atoms with E-state index in [4.69, 9.17) is 0 Å². The lowest BCUT2D eigenvalue weighted by Crippen LogP contribution is -2.65. The minimum absolute atomic E-state index is 0.123. The smallest absolute Gasteiger partial charge is 0.230 e. The summed E-state index contributed by atoms with van der Waals surface area (Å²) in [5.41, 5.74) is 2.57. The molecule has 0 bridgehead atoms. The van der Waals surface area contributed by atoms with E-state index in [9.17, 15) is 15.2 Å². The average Bonchev–Trinajstić information content (AvgIpc) is 3.27. The number of hydrogen-bond acceptors (Lipinski definition) is 4. The molecule has 1 aromatic heterocycles. The van der Waals surface area contributed by atoms with E-state index in [0.717, 1.165) is 11.1 Å². The maximum absolute atomic E-state index is 12.8. The molecule has 152 valence electrons. The molecule has 1 amide bonds. The largest absolute Gasteiger partial charge is 0.394 e. The van der Waals surface area contributed by atoms with Crippen molar-refractivity contribution < 1.29 is 9.90 Å². The minimum atomic E-state index is -0.589. The van der Waals surface area contributed by atoms with Gasteiger partial charge in [-0.05, 0) is 42.7 Å². The van der Waals surface area contributed by atoms with Gasteiger partial charge >= 0.3 is 0 Å². The summed E-state index contributed by atoms with van der Waals surface area (Å²) in [6.07, 6.45) is 6.69. The van der Waals surface area contributed by atoms with Gasteiger partial charge in [0, 0.05) is 29.3 Å². The van der Waals surface area contributed by atoms with Crippen LogP contribution in [0.4, 0.5) is 0 Å². The Hall–Kier alpha value is -3.15. The first-order valence-corrected chi connectivity index (χ1v) is 10.5. The van der Waals surface area contributed by atoms with Crippen LogP contribution in [0.1, 0.15) is 48.4 Å². The van der Waals surface area contributed by atoms with Gasteiger partial charge in [0.05, 0.1) is 25.1 Å². The molecule has 0 unspecified atom stereocenters. The summed E-state index contributed by atoms with van der Waals surface area (Å²) >= 11 is 0. The number of aliphatic hydroxyl groups is 1. The SMILES string of the molecule is N#C[C@H]1[C@@H](c2ccc(C#CC3CCCC3)cc2)[C@@H](CO)N1C(=O)Cc1ccccn1. The Bertz CT molecular complexity index is 979. The molecule has 1 aliphatic heterocycles. The van der Waals surface area contributed by atoms with Crippen LogP contribution < -0.4 is 0 Å². The second-order valence-corrected chi connectivity index (χ2v) is 8.02. The number of likely N-dealkylation sites (tertiary alicyclic amines) is 1. The highest BCUT2D eigenvalue weighted by Crippen LogP contribution is 2.40. The second-order valence-electron chi connectivity index (χ2n) is 8.02. The summed E-state index contributed by atoms with van der Waals surface area (Å²) in [4.78, 5) is 18.5. The Morgan fingerprint density at radius 1 is 1.17 bits per heavy atom. The van der Waals surface area contributed by atoms with Gasteiger partial charge in [-0.25, -0.2) is 0 Å². The van der Waals surface area contributed by atoms with Crippen LogP contribution in [0.2, 0.25) is 0 Å². The average molecular weight is 399 g/mol. The first kappa shape index (κ1) is 20.1. The molecule has 1 N–H and O–H groups in total. The molecular formula is C25H25N3O2. The van der Waals surface area contributed by atoms with Gasteiger partial charge in [0.15, 0.2) is 0 Å². The Morgan fingerprint density at radius 2 is 1.93 bits per heavy atom. The molecule has 5 nitrogen and oxygen atoms in total. The third-order valence-corrected chi connectivity index (χ3v) is 6.15. The number of nitriles is 1. The Balaban J connectivity index is 1.47. The summed E-state index contributed by atoms with van der Waals surface area (Å²) in [5, 5.41) is 19.6. The highest BCUT2D eigenvalue weighted by Gasteiger charge is 2.51. The van der Waals surface area contributed by atoms with Crippen molar-refractivity contribution in [2.75, 3.05) is 6.61 Å². The summed E-state index contributed by atoms with van der Waals surface area (Å²) in [5.74, 6) is 6.74. The quantitative estimate of drug-likeness (QED) is 0.802. The molecule has 5 heteroatoms. The van der Waals surface area contributed by atoms with Gasteiger partial charge in [0.2, 0.25) is 5.91 Å². The van der Waals surface area contributed by atoms with Crippen molar-refractivity contribution in [1.29, 1.82) is 5.26 Å². The lowest BCUT2D eigenvalue weighted by molar-refractivity contribution is -0.146. The van der Waals surface area contributed by atoms with E-state index >= 15 is 0 Å². The van der Waals surface area contributed by atoms with Crippen molar-refractivity contribution >= 4 is 5.91 Å². The molecule has 0 spiro atoms. The van der Waals surface area contributed by atoms with Crippen LogP contribution >= 0.6 is 0 Å². The van der Waals surface area contributed by atoms with Crippen LogP contribution in [0, 0.1) is 29.1 Å². The van der Waals surface area contributed by atoms with Crippen molar-refractivity contribution in [3.8, 4) is 17.9 Å². The van der Waals surface area contributed by atoms with E-state index in [1.165, 1.54) is 30.6 Å². The number of pyridine rings is 1. The standard InChI is InChI=1S/C25H25N3O2/c26-16-22-25(20-12-10-19(11-13-20)9-8-18-5-1-2-6-18)23(17-29)28(22)24(30)15-21-7-3-4-14-27-21/h3-4,7,10-14,18,22-23,25,29H,1-2,5-6,15,17H2/t22-,23+,25+/m0/s1. The predicted molar refractivity (Wildman–Crippen MR) is 113 cm³/mol. The van der Waals surface area contributed by atoms with Crippen LogP contribution in [0.5, 0.6) is 0 Å².